The lowest BCUT2D eigenvalue weighted by molar-refractivity contribution is -0.133. The van der Waals surface area contributed by atoms with Gasteiger partial charge in [0.05, 0.1) is 0 Å². The van der Waals surface area contributed by atoms with Gasteiger partial charge >= 0.3 is 0 Å². The monoisotopic (exact) mass is 371 g/mol. The second kappa shape index (κ2) is 8.32. The summed E-state index contributed by atoms with van der Waals surface area (Å²) >= 11 is 5.91. The van der Waals surface area contributed by atoms with E-state index in [4.69, 9.17) is 11.6 Å². The van der Waals surface area contributed by atoms with Crippen LogP contribution in [0.4, 0.5) is 0 Å². The van der Waals surface area contributed by atoms with E-state index in [9.17, 15) is 9.59 Å². The van der Waals surface area contributed by atoms with Crippen molar-refractivity contribution >= 4 is 23.4 Å². The fourth-order valence-electron chi connectivity index (χ4n) is 3.27. The topological polar surface area (TPSA) is 53.5 Å². The van der Waals surface area contributed by atoms with Crippen LogP contribution in [0.2, 0.25) is 5.15 Å². The first-order chi connectivity index (χ1) is 12.6. The van der Waals surface area contributed by atoms with E-state index in [0.29, 0.717) is 36.8 Å². The number of halogens is 1. The van der Waals surface area contributed by atoms with Gasteiger partial charge in [0.2, 0.25) is 5.91 Å². The van der Waals surface area contributed by atoms with Crippen LogP contribution < -0.4 is 0 Å². The molecule has 3 rings (SSSR count). The molecule has 1 saturated heterocycles. The summed E-state index contributed by atoms with van der Waals surface area (Å²) < 4.78 is 0. The van der Waals surface area contributed by atoms with Crippen molar-refractivity contribution < 1.29 is 9.59 Å². The molecule has 136 valence electrons. The molecule has 0 bridgehead atoms. The Labute approximate surface area is 158 Å². The number of carbonyl (C=O) groups is 2. The normalized spacial score (nSPS) is 17.9. The first-order valence-electron chi connectivity index (χ1n) is 8.82. The summed E-state index contributed by atoms with van der Waals surface area (Å²) in [6, 6.07) is 13.2. The Kier molecular flexibility index (Phi) is 5.89. The molecule has 1 aliphatic rings. The molecule has 0 radical (unpaired) electrons. The quantitative estimate of drug-likeness (QED) is 0.774. The van der Waals surface area contributed by atoms with Crippen molar-refractivity contribution in [3.63, 3.8) is 0 Å². The Morgan fingerprint density at radius 2 is 2.04 bits per heavy atom. The third-order valence-corrected chi connectivity index (χ3v) is 4.92. The second-order valence-electron chi connectivity index (χ2n) is 6.44. The van der Waals surface area contributed by atoms with E-state index in [0.717, 1.165) is 12.0 Å². The Bertz CT molecular complexity index is 782. The van der Waals surface area contributed by atoms with Crippen LogP contribution >= 0.6 is 11.6 Å². The zero-order chi connectivity index (χ0) is 18.5. The standard InChI is InChI=1S/C20H22ClN3O2/c1-2-17-14-23(20(26)16-8-10-22-18(21)12-16)11-9-19(25)24(17)13-15-6-4-3-5-7-15/h3-8,10,12,17H,2,9,11,13-14H2,1H3/t17-/m0/s1. The number of carbonyl (C=O) groups excluding carboxylic acids is 2. The molecule has 0 saturated carbocycles. The summed E-state index contributed by atoms with van der Waals surface area (Å²) in [5, 5.41) is 0.291. The van der Waals surface area contributed by atoms with Crippen molar-refractivity contribution in [3.05, 3.63) is 64.9 Å². The van der Waals surface area contributed by atoms with Crippen molar-refractivity contribution in [2.24, 2.45) is 0 Å². The molecule has 0 spiro atoms. The number of hydrogen-bond donors (Lipinski definition) is 0. The average molecular weight is 372 g/mol. The molecule has 2 amide bonds. The van der Waals surface area contributed by atoms with Crippen LogP contribution in [-0.4, -0.2) is 45.7 Å². The fraction of sp³-hybridized carbons (Fsp3) is 0.350. The molecule has 1 atom stereocenters. The minimum atomic E-state index is -0.109. The molecule has 26 heavy (non-hydrogen) atoms. The molecule has 0 aliphatic carbocycles. The number of nitrogens with zero attached hydrogens (tertiary/aromatic N) is 3. The predicted molar refractivity (Wildman–Crippen MR) is 101 cm³/mol. The van der Waals surface area contributed by atoms with Gasteiger partial charge in [-0.3, -0.25) is 9.59 Å². The van der Waals surface area contributed by atoms with Gasteiger partial charge < -0.3 is 9.80 Å². The van der Waals surface area contributed by atoms with Crippen LogP contribution in [0.1, 0.15) is 35.7 Å². The SMILES string of the molecule is CC[C@H]1CN(C(=O)c2ccnc(Cl)c2)CCC(=O)N1Cc1ccccc1. The molecule has 1 aromatic carbocycles. The zero-order valence-corrected chi connectivity index (χ0v) is 15.5. The Hall–Kier alpha value is -2.40. The third-order valence-electron chi connectivity index (χ3n) is 4.72. The van der Waals surface area contributed by atoms with Gasteiger partial charge in [0.1, 0.15) is 5.15 Å². The van der Waals surface area contributed by atoms with Gasteiger partial charge in [0.15, 0.2) is 0 Å². The summed E-state index contributed by atoms with van der Waals surface area (Å²) in [6.45, 7) is 3.56. The minimum absolute atomic E-state index is 0.00790. The summed E-state index contributed by atoms with van der Waals surface area (Å²) in [5.74, 6) is -0.0223. The summed E-state index contributed by atoms with van der Waals surface area (Å²) in [7, 11) is 0. The first-order valence-corrected chi connectivity index (χ1v) is 9.20. The minimum Gasteiger partial charge on any atom is -0.336 e. The van der Waals surface area contributed by atoms with Gasteiger partial charge in [-0.25, -0.2) is 4.98 Å². The van der Waals surface area contributed by atoms with Crippen LogP contribution in [0.25, 0.3) is 0 Å². The number of hydrogen-bond acceptors (Lipinski definition) is 3. The van der Waals surface area contributed by atoms with Gasteiger partial charge in [-0.1, -0.05) is 48.9 Å². The summed E-state index contributed by atoms with van der Waals surface area (Å²) in [6.07, 6.45) is 2.64. The highest BCUT2D eigenvalue weighted by molar-refractivity contribution is 6.29. The average Bonchev–Trinajstić information content (AvgIpc) is 2.81. The fourth-order valence-corrected chi connectivity index (χ4v) is 3.45. The molecule has 6 heteroatoms. The molecular weight excluding hydrogens is 350 g/mol. The maximum atomic E-state index is 12.8. The van der Waals surface area contributed by atoms with Crippen LogP contribution in [-0.2, 0) is 11.3 Å². The van der Waals surface area contributed by atoms with Crippen LogP contribution in [0, 0.1) is 0 Å². The van der Waals surface area contributed by atoms with Gasteiger partial charge in [0.25, 0.3) is 5.91 Å². The van der Waals surface area contributed by atoms with Crippen molar-refractivity contribution in [2.45, 2.75) is 32.4 Å². The maximum Gasteiger partial charge on any atom is 0.254 e. The van der Waals surface area contributed by atoms with E-state index in [1.165, 1.54) is 6.20 Å². The van der Waals surface area contributed by atoms with Crippen molar-refractivity contribution in [1.82, 2.24) is 14.8 Å². The second-order valence-corrected chi connectivity index (χ2v) is 6.82. The Morgan fingerprint density at radius 1 is 1.27 bits per heavy atom. The van der Waals surface area contributed by atoms with E-state index >= 15 is 0 Å². The van der Waals surface area contributed by atoms with E-state index in [1.54, 1.807) is 17.0 Å². The third kappa shape index (κ3) is 4.22. The van der Waals surface area contributed by atoms with Gasteiger partial charge in [0, 0.05) is 43.9 Å². The lowest BCUT2D eigenvalue weighted by atomic mass is 10.1. The number of pyridine rings is 1. The highest BCUT2D eigenvalue weighted by Gasteiger charge is 2.31. The highest BCUT2D eigenvalue weighted by Crippen LogP contribution is 2.20. The molecule has 0 unspecified atom stereocenters. The number of amides is 2. The van der Waals surface area contributed by atoms with Gasteiger partial charge in [-0.05, 0) is 24.1 Å². The first kappa shape index (κ1) is 18.4. The van der Waals surface area contributed by atoms with Gasteiger partial charge in [-0.2, -0.15) is 0 Å². The molecule has 0 N–H and O–H groups in total. The van der Waals surface area contributed by atoms with E-state index in [1.807, 2.05) is 42.2 Å². The maximum absolute atomic E-state index is 12.8. The van der Waals surface area contributed by atoms with E-state index in [2.05, 4.69) is 4.98 Å². The molecule has 2 heterocycles. The Balaban J connectivity index is 1.78. The summed E-state index contributed by atoms with van der Waals surface area (Å²) in [5.41, 5.74) is 1.60. The van der Waals surface area contributed by atoms with Crippen LogP contribution in [0.3, 0.4) is 0 Å². The number of rotatable bonds is 4. The predicted octanol–water partition coefficient (Wildman–Crippen LogP) is 3.39. The lowest BCUT2D eigenvalue weighted by Gasteiger charge is -2.31. The van der Waals surface area contributed by atoms with Gasteiger partial charge in [-0.15, -0.1) is 0 Å². The van der Waals surface area contributed by atoms with Crippen molar-refractivity contribution in [2.75, 3.05) is 13.1 Å². The zero-order valence-electron chi connectivity index (χ0n) is 14.8. The number of benzene rings is 1. The van der Waals surface area contributed by atoms with Crippen LogP contribution in [0.5, 0.6) is 0 Å². The van der Waals surface area contributed by atoms with Crippen molar-refractivity contribution in [3.8, 4) is 0 Å². The lowest BCUT2D eigenvalue weighted by Crippen LogP contribution is -2.43. The molecule has 1 aliphatic heterocycles. The van der Waals surface area contributed by atoms with E-state index < -0.39 is 0 Å². The molecule has 1 fully saturated rings. The molecule has 1 aromatic heterocycles. The smallest absolute Gasteiger partial charge is 0.254 e. The highest BCUT2D eigenvalue weighted by atomic mass is 35.5. The Morgan fingerprint density at radius 3 is 2.73 bits per heavy atom. The van der Waals surface area contributed by atoms with Crippen LogP contribution in [0.15, 0.2) is 48.7 Å². The largest absolute Gasteiger partial charge is 0.336 e. The van der Waals surface area contributed by atoms with Crippen molar-refractivity contribution in [1.29, 1.82) is 0 Å². The molecule has 5 nitrogen and oxygen atoms in total. The molecular formula is C20H22ClN3O2. The molecule has 2 aromatic rings. The van der Waals surface area contributed by atoms with E-state index in [-0.39, 0.29) is 17.9 Å². The summed E-state index contributed by atoms with van der Waals surface area (Å²) in [4.78, 5) is 33.1. The number of aromatic nitrogens is 1.